The molecule has 98 valence electrons. The molecule has 3 N–H and O–H groups in total. The van der Waals surface area contributed by atoms with Crippen LogP contribution in [0.4, 0.5) is 11.4 Å². The van der Waals surface area contributed by atoms with Crippen LogP contribution >= 0.6 is 34.8 Å². The van der Waals surface area contributed by atoms with Crippen molar-refractivity contribution in [3.63, 3.8) is 0 Å². The van der Waals surface area contributed by atoms with Gasteiger partial charge in [-0.1, -0.05) is 34.8 Å². The molecule has 0 aromatic heterocycles. The molecule has 0 aliphatic heterocycles. The van der Waals surface area contributed by atoms with E-state index < -0.39 is 0 Å². The zero-order chi connectivity index (χ0) is 14.0. The van der Waals surface area contributed by atoms with Crippen molar-refractivity contribution in [3.8, 4) is 0 Å². The molecule has 0 atom stereocenters. The molecule has 0 aliphatic carbocycles. The van der Waals surface area contributed by atoms with Gasteiger partial charge < -0.3 is 11.1 Å². The number of nitrogens with one attached hydrogen (secondary N) is 1. The van der Waals surface area contributed by atoms with Crippen LogP contribution in [0.1, 0.15) is 10.4 Å². The summed E-state index contributed by atoms with van der Waals surface area (Å²) in [6.07, 6.45) is 0. The molecule has 0 bridgehead atoms. The van der Waals surface area contributed by atoms with E-state index in [-0.39, 0.29) is 5.91 Å². The third kappa shape index (κ3) is 3.53. The highest BCUT2D eigenvalue weighted by atomic mass is 35.5. The molecule has 0 aliphatic rings. The van der Waals surface area contributed by atoms with Crippen molar-refractivity contribution in [2.45, 2.75) is 0 Å². The minimum Gasteiger partial charge on any atom is -0.399 e. The van der Waals surface area contributed by atoms with Crippen molar-refractivity contribution in [1.82, 2.24) is 0 Å². The van der Waals surface area contributed by atoms with Gasteiger partial charge in [0.15, 0.2) is 0 Å². The molecule has 0 heterocycles. The minimum atomic E-state index is -0.363. The Morgan fingerprint density at radius 1 is 1.00 bits per heavy atom. The molecule has 0 radical (unpaired) electrons. The normalized spacial score (nSPS) is 10.3. The first-order valence-electron chi connectivity index (χ1n) is 5.28. The number of rotatable bonds is 2. The summed E-state index contributed by atoms with van der Waals surface area (Å²) in [4.78, 5) is 12.1. The average Bonchev–Trinajstić information content (AvgIpc) is 2.32. The largest absolute Gasteiger partial charge is 0.399 e. The molecule has 1 amide bonds. The summed E-state index contributed by atoms with van der Waals surface area (Å²) in [6.45, 7) is 0. The second-order valence-corrected chi connectivity index (χ2v) is 5.13. The highest BCUT2D eigenvalue weighted by Gasteiger charge is 2.10. The fraction of sp³-hybridized carbons (Fsp3) is 0. The lowest BCUT2D eigenvalue weighted by molar-refractivity contribution is 0.102. The molecule has 0 saturated heterocycles. The van der Waals surface area contributed by atoms with E-state index in [1.54, 1.807) is 24.3 Å². The van der Waals surface area contributed by atoms with Gasteiger partial charge in [0.25, 0.3) is 5.91 Å². The Morgan fingerprint density at radius 2 is 1.74 bits per heavy atom. The summed E-state index contributed by atoms with van der Waals surface area (Å²) in [5.74, 6) is -0.363. The highest BCUT2D eigenvalue weighted by molar-refractivity contribution is 6.36. The monoisotopic (exact) mass is 314 g/mol. The first-order valence-corrected chi connectivity index (χ1v) is 6.41. The molecule has 2 aromatic carbocycles. The van der Waals surface area contributed by atoms with E-state index in [4.69, 9.17) is 40.5 Å². The zero-order valence-electron chi connectivity index (χ0n) is 9.58. The van der Waals surface area contributed by atoms with Crippen LogP contribution in [-0.2, 0) is 0 Å². The van der Waals surface area contributed by atoms with Gasteiger partial charge in [0.1, 0.15) is 0 Å². The van der Waals surface area contributed by atoms with Gasteiger partial charge in [-0.25, -0.2) is 0 Å². The quantitative estimate of drug-likeness (QED) is 0.803. The van der Waals surface area contributed by atoms with Crippen molar-refractivity contribution < 1.29 is 4.79 Å². The third-order valence-electron chi connectivity index (χ3n) is 2.36. The summed E-state index contributed by atoms with van der Waals surface area (Å²) < 4.78 is 0. The lowest BCUT2D eigenvalue weighted by Gasteiger charge is -2.08. The first-order chi connectivity index (χ1) is 8.95. The fourth-order valence-corrected chi connectivity index (χ4v) is 2.11. The van der Waals surface area contributed by atoms with Crippen LogP contribution in [0.2, 0.25) is 15.1 Å². The van der Waals surface area contributed by atoms with Crippen LogP contribution in [0.3, 0.4) is 0 Å². The van der Waals surface area contributed by atoms with Crippen LogP contribution in [0.25, 0.3) is 0 Å². The van der Waals surface area contributed by atoms with E-state index in [0.29, 0.717) is 32.0 Å². The number of carbonyl (C=O) groups excluding carboxylic acids is 1. The Morgan fingerprint density at radius 3 is 2.42 bits per heavy atom. The smallest absolute Gasteiger partial charge is 0.255 e. The number of carbonyl (C=O) groups is 1. The van der Waals surface area contributed by atoms with Gasteiger partial charge in [0, 0.05) is 21.3 Å². The summed E-state index contributed by atoms with van der Waals surface area (Å²) in [5, 5.41) is 3.92. The molecule has 0 unspecified atom stereocenters. The van der Waals surface area contributed by atoms with Crippen LogP contribution < -0.4 is 11.1 Å². The van der Waals surface area contributed by atoms with Gasteiger partial charge in [-0.15, -0.1) is 0 Å². The van der Waals surface area contributed by atoms with Crippen LogP contribution in [0, 0.1) is 0 Å². The van der Waals surface area contributed by atoms with Crippen LogP contribution in [-0.4, -0.2) is 5.91 Å². The zero-order valence-corrected chi connectivity index (χ0v) is 11.9. The number of amides is 1. The lowest BCUT2D eigenvalue weighted by atomic mass is 10.2. The predicted octanol–water partition coefficient (Wildman–Crippen LogP) is 4.48. The van der Waals surface area contributed by atoms with Crippen molar-refractivity contribution in [2.24, 2.45) is 0 Å². The molecular formula is C13H9Cl3N2O. The molecule has 0 fully saturated rings. The highest BCUT2D eigenvalue weighted by Crippen LogP contribution is 2.26. The molecule has 6 heteroatoms. The van der Waals surface area contributed by atoms with Crippen molar-refractivity contribution in [2.75, 3.05) is 11.1 Å². The van der Waals surface area contributed by atoms with E-state index in [1.807, 2.05) is 0 Å². The Balaban J connectivity index is 2.28. The molecule has 2 rings (SSSR count). The van der Waals surface area contributed by atoms with E-state index in [9.17, 15) is 4.79 Å². The second kappa shape index (κ2) is 5.70. The molecule has 0 saturated carbocycles. The maximum atomic E-state index is 12.1. The van der Waals surface area contributed by atoms with E-state index in [0.717, 1.165) is 0 Å². The topological polar surface area (TPSA) is 55.1 Å². The Kier molecular flexibility index (Phi) is 4.20. The van der Waals surface area contributed by atoms with Crippen molar-refractivity contribution in [3.05, 3.63) is 57.0 Å². The SMILES string of the molecule is Nc1cc(Cl)cc(C(=O)Nc2cc(Cl)ccc2Cl)c1. The third-order valence-corrected chi connectivity index (χ3v) is 3.14. The van der Waals surface area contributed by atoms with Crippen LogP contribution in [0.5, 0.6) is 0 Å². The minimum absolute atomic E-state index is 0.348. The summed E-state index contributed by atoms with van der Waals surface area (Å²) in [6, 6.07) is 9.41. The molecule has 0 spiro atoms. The average molecular weight is 316 g/mol. The number of hydrogen-bond donors (Lipinski definition) is 2. The maximum Gasteiger partial charge on any atom is 0.255 e. The standard InChI is InChI=1S/C13H9Cl3N2O/c14-8-1-2-11(16)12(6-8)18-13(19)7-3-9(15)5-10(17)4-7/h1-6H,17H2,(H,18,19). The summed E-state index contributed by atoms with van der Waals surface area (Å²) in [7, 11) is 0. The van der Waals surface area contributed by atoms with Crippen LogP contribution in [0.15, 0.2) is 36.4 Å². The number of nitrogen functional groups attached to an aromatic ring is 1. The Bertz CT molecular complexity index is 624. The van der Waals surface area contributed by atoms with Gasteiger partial charge in [-0.3, -0.25) is 4.79 Å². The van der Waals surface area contributed by atoms with E-state index in [1.165, 1.54) is 12.1 Å². The first kappa shape index (κ1) is 14.0. The van der Waals surface area contributed by atoms with Gasteiger partial charge in [-0.05, 0) is 36.4 Å². The van der Waals surface area contributed by atoms with Gasteiger partial charge >= 0.3 is 0 Å². The van der Waals surface area contributed by atoms with Gasteiger partial charge in [0.2, 0.25) is 0 Å². The summed E-state index contributed by atoms with van der Waals surface area (Å²) >= 11 is 17.7. The lowest BCUT2D eigenvalue weighted by Crippen LogP contribution is -2.12. The molecule has 3 nitrogen and oxygen atoms in total. The Hall–Kier alpha value is -1.42. The van der Waals surface area contributed by atoms with Gasteiger partial charge in [-0.2, -0.15) is 0 Å². The fourth-order valence-electron chi connectivity index (χ4n) is 1.53. The second-order valence-electron chi connectivity index (χ2n) is 3.85. The Labute approximate surface area is 125 Å². The number of benzene rings is 2. The number of hydrogen-bond acceptors (Lipinski definition) is 2. The van der Waals surface area contributed by atoms with Crippen molar-refractivity contribution >= 4 is 52.1 Å². The molecule has 19 heavy (non-hydrogen) atoms. The number of anilines is 2. The molecular weight excluding hydrogens is 307 g/mol. The van der Waals surface area contributed by atoms with E-state index >= 15 is 0 Å². The van der Waals surface area contributed by atoms with E-state index in [2.05, 4.69) is 5.32 Å². The molecule has 2 aromatic rings. The predicted molar refractivity (Wildman–Crippen MR) is 80.3 cm³/mol. The number of nitrogens with two attached hydrogens (primary N) is 1. The maximum absolute atomic E-state index is 12.1. The summed E-state index contributed by atoms with van der Waals surface area (Å²) in [5.41, 5.74) is 6.82. The van der Waals surface area contributed by atoms with Crippen molar-refractivity contribution in [1.29, 1.82) is 0 Å². The van der Waals surface area contributed by atoms with Gasteiger partial charge in [0.05, 0.1) is 10.7 Å². The number of halogens is 3.